The minimum Gasteiger partial charge on any atom is -0.488 e. The maximum atomic E-state index is 14.1. The van der Waals surface area contributed by atoms with Crippen LogP contribution in [0.3, 0.4) is 0 Å². The smallest absolute Gasteiger partial charge is 0.407 e. The molecule has 0 radical (unpaired) electrons. The molecule has 3 aromatic carbocycles. The van der Waals surface area contributed by atoms with Crippen LogP contribution >= 0.6 is 0 Å². The van der Waals surface area contributed by atoms with Crippen molar-refractivity contribution in [2.45, 2.75) is 91.1 Å². The molecule has 2 fully saturated rings. The van der Waals surface area contributed by atoms with Gasteiger partial charge in [-0.1, -0.05) is 52.8 Å². The van der Waals surface area contributed by atoms with Crippen molar-refractivity contribution in [1.29, 1.82) is 0 Å². The lowest BCUT2D eigenvalue weighted by Crippen LogP contribution is -2.51. The number of ketones is 1. The lowest BCUT2D eigenvalue weighted by molar-refractivity contribution is -0.139. The van der Waals surface area contributed by atoms with E-state index in [4.69, 9.17) is 19.2 Å². The maximum Gasteiger partial charge on any atom is 0.407 e. The van der Waals surface area contributed by atoms with Crippen molar-refractivity contribution < 1.29 is 46.9 Å². The Morgan fingerprint density at radius 2 is 1.64 bits per heavy atom. The lowest BCUT2D eigenvalue weighted by atomic mass is 9.80. The van der Waals surface area contributed by atoms with Crippen LogP contribution < -0.4 is 15.4 Å². The summed E-state index contributed by atoms with van der Waals surface area (Å²) in [6, 6.07) is 12.1. The summed E-state index contributed by atoms with van der Waals surface area (Å²) in [5.41, 5.74) is 6.13. The highest BCUT2D eigenvalue weighted by Crippen LogP contribution is 2.46. The van der Waals surface area contributed by atoms with Crippen LogP contribution in [0.4, 0.5) is 18.4 Å². The molecule has 4 N–H and O–H groups in total. The number of methoxy groups -OCH3 is 2. The number of likely N-dealkylation sites (tertiary alicyclic amines) is 1. The van der Waals surface area contributed by atoms with Crippen molar-refractivity contribution >= 4 is 45.7 Å². The van der Waals surface area contributed by atoms with Gasteiger partial charge in [0.15, 0.2) is 5.78 Å². The molecule has 17 heteroatoms. The Hall–Kier alpha value is -6.10. The third kappa shape index (κ3) is 8.61. The molecule has 5 aromatic rings. The number of carbonyl (C=O) groups excluding carboxylic acids is 4. The predicted octanol–water partition coefficient (Wildman–Crippen LogP) is 8.25. The molecule has 1 saturated heterocycles. The van der Waals surface area contributed by atoms with Gasteiger partial charge in [0.25, 0.3) is 0 Å². The summed E-state index contributed by atoms with van der Waals surface area (Å²) >= 11 is 0. The highest BCUT2D eigenvalue weighted by molar-refractivity contribution is 6.07. The largest absolute Gasteiger partial charge is 0.488 e. The average molecular weight is 884 g/mol. The van der Waals surface area contributed by atoms with Crippen molar-refractivity contribution in [2.24, 2.45) is 29.6 Å². The zero-order chi connectivity index (χ0) is 45.6. The number of rotatable bonds is 13. The Morgan fingerprint density at radius 3 is 2.34 bits per heavy atom. The number of alkyl halides is 2. The molecule has 7 atom stereocenters. The van der Waals surface area contributed by atoms with E-state index in [-0.39, 0.29) is 60.3 Å². The van der Waals surface area contributed by atoms with Gasteiger partial charge in [-0.15, -0.1) is 0 Å². The molecule has 1 aliphatic carbocycles. The van der Waals surface area contributed by atoms with Crippen molar-refractivity contribution in [1.82, 2.24) is 35.5 Å². The van der Waals surface area contributed by atoms with Crippen LogP contribution in [-0.2, 0) is 30.4 Å². The summed E-state index contributed by atoms with van der Waals surface area (Å²) < 4.78 is 46.7. The van der Waals surface area contributed by atoms with Crippen LogP contribution in [0.25, 0.3) is 44.2 Å². The molecular formula is C47H55F2N7O8. The first-order chi connectivity index (χ1) is 30.6. The number of ether oxygens (including phenoxy) is 4. The number of hydrogen-bond acceptors (Lipinski definition) is 10. The number of nitrogens with one attached hydrogen (secondary N) is 4. The third-order valence-electron chi connectivity index (χ3n) is 13.2. The van der Waals surface area contributed by atoms with Crippen LogP contribution in [0.2, 0.25) is 0 Å². The molecule has 1 saturated carbocycles. The molecule has 2 aromatic heterocycles. The second-order valence-corrected chi connectivity index (χ2v) is 18.0. The van der Waals surface area contributed by atoms with Crippen molar-refractivity contribution in [3.8, 4) is 28.1 Å². The zero-order valence-electron chi connectivity index (χ0n) is 37.0. The number of Topliss-reactive ketones (excluding diaryl/α,β-unsaturated/α-hetero) is 1. The zero-order valence-corrected chi connectivity index (χ0v) is 37.0. The van der Waals surface area contributed by atoms with Crippen molar-refractivity contribution in [3.05, 3.63) is 65.9 Å². The summed E-state index contributed by atoms with van der Waals surface area (Å²) in [6.45, 7) is 6.81. The third-order valence-corrected chi connectivity index (χ3v) is 13.2. The molecule has 0 spiro atoms. The molecule has 8 rings (SSSR count). The van der Waals surface area contributed by atoms with E-state index in [0.29, 0.717) is 24.5 Å². The molecule has 3 aliphatic rings. The highest BCUT2D eigenvalue weighted by Gasteiger charge is 2.45. The molecular weight excluding hydrogens is 829 g/mol. The highest BCUT2D eigenvalue weighted by atomic mass is 19.3. The van der Waals surface area contributed by atoms with Gasteiger partial charge in [-0.05, 0) is 83.4 Å². The number of hydrogen-bond donors (Lipinski definition) is 4. The summed E-state index contributed by atoms with van der Waals surface area (Å²) in [5.74, 6) is 0.470. The monoisotopic (exact) mass is 883 g/mol. The number of nitrogens with zero attached hydrogens (tertiary/aromatic N) is 3. The van der Waals surface area contributed by atoms with Crippen LogP contribution in [0.1, 0.15) is 83.1 Å². The van der Waals surface area contributed by atoms with Gasteiger partial charge < -0.3 is 44.4 Å². The Labute approximate surface area is 369 Å². The Morgan fingerprint density at radius 1 is 0.906 bits per heavy atom. The van der Waals surface area contributed by atoms with Gasteiger partial charge in [-0.2, -0.15) is 8.78 Å². The van der Waals surface area contributed by atoms with Gasteiger partial charge in [0.05, 0.1) is 55.8 Å². The number of aromatic nitrogens is 4. The van der Waals surface area contributed by atoms with Crippen LogP contribution in [-0.4, -0.2) is 94.8 Å². The normalized spacial score (nSPS) is 21.5. The number of alkyl carbamates (subject to hydrolysis) is 2. The molecule has 4 heterocycles. The van der Waals surface area contributed by atoms with Crippen molar-refractivity contribution in [3.63, 3.8) is 0 Å². The molecule has 1 unspecified atom stereocenters. The van der Waals surface area contributed by atoms with Gasteiger partial charge in [-0.3, -0.25) is 9.59 Å². The average Bonchev–Trinajstić information content (AvgIpc) is 4.10. The van der Waals surface area contributed by atoms with E-state index < -0.39 is 36.9 Å². The number of carbonyl (C=O) groups is 4. The molecule has 340 valence electrons. The number of imidazole rings is 2. The summed E-state index contributed by atoms with van der Waals surface area (Å²) in [4.78, 5) is 70.6. The molecule has 3 amide bonds. The van der Waals surface area contributed by atoms with Crippen LogP contribution in [0, 0.1) is 29.6 Å². The fraction of sp³-hybridized carbons (Fsp3) is 0.489. The van der Waals surface area contributed by atoms with Crippen LogP contribution in [0.5, 0.6) is 5.75 Å². The van der Waals surface area contributed by atoms with Crippen LogP contribution in [0.15, 0.2) is 48.7 Å². The van der Waals surface area contributed by atoms with Gasteiger partial charge in [0.1, 0.15) is 30.0 Å². The maximum absolute atomic E-state index is 14.1. The topological polar surface area (TPSA) is 190 Å². The van der Waals surface area contributed by atoms with E-state index in [9.17, 15) is 28.0 Å². The second-order valence-electron chi connectivity index (χ2n) is 18.0. The summed E-state index contributed by atoms with van der Waals surface area (Å²) in [5, 5.41) is 7.32. The van der Waals surface area contributed by atoms with Gasteiger partial charge in [0, 0.05) is 35.2 Å². The van der Waals surface area contributed by atoms with Gasteiger partial charge >= 0.3 is 18.8 Å². The van der Waals surface area contributed by atoms with E-state index in [1.54, 1.807) is 24.9 Å². The lowest BCUT2D eigenvalue weighted by Gasteiger charge is -2.30. The SMILES string of the molecule is COC(=O)N[C@H](C(=O)C1[C@@H](C)CC[C@H]1c1nc2ccc3cc4c(cc3c2[nH]1)OCc1cc(-c2cnc([C@@H]3C[C@H](COC(F)F)CN3C(=O)[C@@H](NC(=O)OC)C(C)C)[nH]2)ccc1-4)C(C)C. The van der Waals surface area contributed by atoms with E-state index in [2.05, 4.69) is 49.4 Å². The van der Waals surface area contributed by atoms with E-state index >= 15 is 0 Å². The number of benzene rings is 3. The number of aromatic amines is 2. The summed E-state index contributed by atoms with van der Waals surface area (Å²) in [6.07, 6.45) is 2.31. The van der Waals surface area contributed by atoms with Gasteiger partial charge in [0.2, 0.25) is 5.91 Å². The number of H-pyrrole nitrogens is 2. The summed E-state index contributed by atoms with van der Waals surface area (Å²) in [7, 11) is 2.51. The minimum absolute atomic E-state index is 0.00902. The van der Waals surface area contributed by atoms with E-state index in [1.165, 1.54) is 14.2 Å². The fourth-order valence-corrected chi connectivity index (χ4v) is 9.89. The quantitative estimate of drug-likeness (QED) is 0.0896. The minimum atomic E-state index is -2.94. The Bertz CT molecular complexity index is 2570. The first kappa shape index (κ1) is 44.5. The molecule has 2 aliphatic heterocycles. The Kier molecular flexibility index (Phi) is 12.6. The molecule has 0 bridgehead atoms. The van der Waals surface area contributed by atoms with E-state index in [0.717, 1.165) is 68.5 Å². The first-order valence-electron chi connectivity index (χ1n) is 21.9. The standard InChI is InChI=1S/C47H55F2N7O8/c1-22(2)38(54-46(59)61-6)41(57)37-24(5)8-11-30(37)42-51-33-13-10-26-16-32-29-12-9-27(15-28(29)21-63-36(32)17-31(26)40(33)53-42)34-18-50-43(52-34)35-14-25(20-64-45(48)49)19-56(35)44(58)39(23(3)4)55-47(60)62-7/h9-10,12-13,15-18,22-25,30,35,37-39,45H,8,11,14,19-21H2,1-7H3,(H,50,52)(H,51,53)(H,54,59)(H,55,60)/t24-,25-,30+,35-,37?,38-,39-/m0/s1. The van der Waals surface area contributed by atoms with Gasteiger partial charge in [-0.25, -0.2) is 19.6 Å². The first-order valence-corrected chi connectivity index (χ1v) is 21.9. The number of fused-ring (bicyclic) bond motifs is 6. The number of amides is 3. The van der Waals surface area contributed by atoms with Crippen molar-refractivity contribution in [2.75, 3.05) is 27.4 Å². The number of halogens is 2. The fourth-order valence-electron chi connectivity index (χ4n) is 9.89. The molecule has 64 heavy (non-hydrogen) atoms. The van der Waals surface area contributed by atoms with E-state index in [1.807, 2.05) is 44.2 Å². The second kappa shape index (κ2) is 18.2. The Balaban J connectivity index is 1.05. The molecule has 15 nitrogen and oxygen atoms in total. The predicted molar refractivity (Wildman–Crippen MR) is 233 cm³/mol.